The Kier molecular flexibility index (Phi) is 2.44. The van der Waals surface area contributed by atoms with Crippen LogP contribution in [0.3, 0.4) is 0 Å². The van der Waals surface area contributed by atoms with Gasteiger partial charge < -0.3 is 0 Å². The monoisotopic (exact) mass is 222 g/mol. The first-order valence-corrected chi connectivity index (χ1v) is 6.31. The van der Waals surface area contributed by atoms with Crippen LogP contribution in [0.1, 0.15) is 0 Å². The van der Waals surface area contributed by atoms with E-state index in [2.05, 4.69) is 66.5 Å². The van der Waals surface area contributed by atoms with Gasteiger partial charge in [-0.05, 0) is 28.2 Å². The maximum absolute atomic E-state index is 2.20. The molecule has 3 aromatic rings. The van der Waals surface area contributed by atoms with Crippen molar-refractivity contribution in [3.8, 4) is 10.9 Å². The molecule has 0 atom stereocenters. The van der Waals surface area contributed by atoms with Gasteiger partial charge in [-0.1, -0.05) is 62.8 Å². The third kappa shape index (κ3) is 1.62. The molecule has 1 heteroatoms. The lowest BCUT2D eigenvalue weighted by Crippen LogP contribution is -1.77. The fourth-order valence-electron chi connectivity index (χ4n) is 1.97. The van der Waals surface area contributed by atoms with Gasteiger partial charge in [0.05, 0.1) is 0 Å². The van der Waals surface area contributed by atoms with E-state index in [-0.39, 0.29) is 0 Å². The average molecular weight is 222 g/mol. The Bertz CT molecular complexity index is 609. The summed E-state index contributed by atoms with van der Waals surface area (Å²) in [4.78, 5) is 0. The zero-order chi connectivity index (χ0) is 10.8. The molecule has 0 N–H and O–H groups in total. The van der Waals surface area contributed by atoms with Crippen LogP contribution in [0.4, 0.5) is 0 Å². The predicted octanol–water partition coefficient (Wildman–Crippen LogP) is 5.09. The second kappa shape index (κ2) is 4.08. The summed E-state index contributed by atoms with van der Waals surface area (Å²) in [5.74, 6) is 2.18. The zero-order valence-corrected chi connectivity index (χ0v) is 9.69. The van der Waals surface area contributed by atoms with E-state index in [4.69, 9.17) is 0 Å². The van der Waals surface area contributed by atoms with Crippen LogP contribution in [-0.4, -0.2) is 0 Å². The molecule has 0 spiro atoms. The van der Waals surface area contributed by atoms with E-state index >= 15 is 0 Å². The number of hydrogen-bond donors (Lipinski definition) is 0. The van der Waals surface area contributed by atoms with Crippen LogP contribution < -0.4 is 0 Å². The molecule has 0 aliphatic rings. The number of benzene rings is 2. The molecule has 0 unspecified atom stereocenters. The number of rotatable bonds is 1. The van der Waals surface area contributed by atoms with E-state index in [1.165, 1.54) is 29.8 Å². The van der Waals surface area contributed by atoms with Gasteiger partial charge in [-0.25, -0.2) is 0 Å². The molecule has 3 rings (SSSR count). The molecule has 0 aliphatic carbocycles. The molecular weight excluding hydrogens is 211 g/mol. The van der Waals surface area contributed by atoms with Gasteiger partial charge in [0.2, 0.25) is 0 Å². The first kappa shape index (κ1) is 9.57. The largest absolute Gasteiger partial charge is 0.0678 e. The maximum Gasteiger partial charge on any atom is 0.00964 e. The molecule has 76 valence electrons. The van der Waals surface area contributed by atoms with Crippen molar-refractivity contribution in [2.45, 2.75) is 0 Å². The molecule has 0 aliphatic heterocycles. The third-order valence-electron chi connectivity index (χ3n) is 2.73. The van der Waals surface area contributed by atoms with Gasteiger partial charge in [0.25, 0.3) is 0 Å². The van der Waals surface area contributed by atoms with Crippen LogP contribution in [0.15, 0.2) is 66.5 Å². The number of fused-ring (bicyclic) bond motifs is 1. The van der Waals surface area contributed by atoms with E-state index in [0.717, 1.165) is 0 Å². The van der Waals surface area contributed by atoms with Crippen LogP contribution in [0.5, 0.6) is 0 Å². The Labute approximate surface area is 96.7 Å². The highest BCUT2D eigenvalue weighted by Gasteiger charge is 2.01. The molecule has 1 heterocycles. The fourth-order valence-corrected chi connectivity index (χ4v) is 2.82. The second-order valence-corrected chi connectivity index (χ2v) is 4.78. The highest BCUT2D eigenvalue weighted by molar-refractivity contribution is 7.33. The summed E-state index contributed by atoms with van der Waals surface area (Å²) < 4.78 is 0. The van der Waals surface area contributed by atoms with E-state index in [9.17, 15) is 0 Å². The van der Waals surface area contributed by atoms with Crippen molar-refractivity contribution in [1.82, 2.24) is 0 Å². The summed E-state index contributed by atoms with van der Waals surface area (Å²) >= 11 is 0. The number of hydrogen-bond acceptors (Lipinski definition) is 0. The van der Waals surface area contributed by atoms with E-state index < -0.39 is 0 Å². The van der Waals surface area contributed by atoms with Gasteiger partial charge in [0, 0.05) is 5.30 Å². The fraction of sp³-hybridized carbons (Fsp3) is 0. The van der Waals surface area contributed by atoms with Gasteiger partial charge in [-0.15, -0.1) is 0 Å². The molecule has 0 radical (unpaired) electrons. The van der Waals surface area contributed by atoms with Crippen LogP contribution in [-0.2, 0) is 0 Å². The molecule has 0 saturated heterocycles. The maximum atomic E-state index is 2.20. The summed E-state index contributed by atoms with van der Waals surface area (Å²) in [6.07, 6.45) is 0. The molecule has 2 aromatic carbocycles. The summed E-state index contributed by atoms with van der Waals surface area (Å²) in [6.45, 7) is 0. The Morgan fingerprint density at radius 1 is 0.688 bits per heavy atom. The molecule has 0 fully saturated rings. The van der Waals surface area contributed by atoms with E-state index in [1.54, 1.807) is 0 Å². The third-order valence-corrected chi connectivity index (χ3v) is 3.72. The molecule has 0 nitrogen and oxygen atoms in total. The van der Waals surface area contributed by atoms with Crippen molar-refractivity contribution in [1.29, 1.82) is 0 Å². The van der Waals surface area contributed by atoms with Gasteiger partial charge in [-0.2, -0.15) is 0 Å². The highest BCUT2D eigenvalue weighted by atomic mass is 31.0. The normalized spacial score (nSPS) is 11.0. The van der Waals surface area contributed by atoms with E-state index in [1.807, 2.05) is 0 Å². The lowest BCUT2D eigenvalue weighted by atomic mass is 10.0. The summed E-state index contributed by atoms with van der Waals surface area (Å²) in [6, 6.07) is 21.4. The first-order valence-electron chi connectivity index (χ1n) is 5.34. The van der Waals surface area contributed by atoms with Gasteiger partial charge in [0.1, 0.15) is 0 Å². The minimum atomic E-state index is 1.28. The standard InChI is InChI=1S/C15H11P/c1-2-8-13-12(6-1)7-5-9-14(13)15-10-3-4-11-16-15/h1-11H. The van der Waals surface area contributed by atoms with Crippen molar-refractivity contribution in [2.24, 2.45) is 0 Å². The average Bonchev–Trinajstić information content (AvgIpc) is 2.39. The van der Waals surface area contributed by atoms with Crippen molar-refractivity contribution in [3.05, 3.63) is 66.5 Å². The van der Waals surface area contributed by atoms with Gasteiger partial charge >= 0.3 is 0 Å². The Hall–Kier alpha value is -1.65. The molecule has 0 bridgehead atoms. The summed E-state index contributed by atoms with van der Waals surface area (Å²) in [5, 5.41) is 4.03. The van der Waals surface area contributed by atoms with Crippen LogP contribution >= 0.6 is 8.19 Å². The minimum absolute atomic E-state index is 1.28. The van der Waals surface area contributed by atoms with E-state index in [0.29, 0.717) is 0 Å². The van der Waals surface area contributed by atoms with Crippen molar-refractivity contribution in [3.63, 3.8) is 0 Å². The van der Waals surface area contributed by atoms with Gasteiger partial charge in [0.15, 0.2) is 0 Å². The Morgan fingerprint density at radius 2 is 1.50 bits per heavy atom. The molecule has 0 saturated carbocycles. The summed E-state index contributed by atoms with van der Waals surface area (Å²) in [5.41, 5.74) is 1.35. The quantitative estimate of drug-likeness (QED) is 0.538. The minimum Gasteiger partial charge on any atom is -0.0678 e. The highest BCUT2D eigenvalue weighted by Crippen LogP contribution is 2.32. The lowest BCUT2D eigenvalue weighted by Gasteiger charge is -2.05. The SMILES string of the molecule is c1ccc(-c2cccc3ccccc23)pc1. The topological polar surface area (TPSA) is 0 Å². The van der Waals surface area contributed by atoms with Crippen molar-refractivity contribution < 1.29 is 0 Å². The Morgan fingerprint density at radius 3 is 2.38 bits per heavy atom. The van der Waals surface area contributed by atoms with Crippen LogP contribution in [0.25, 0.3) is 21.6 Å². The predicted molar refractivity (Wildman–Crippen MR) is 71.9 cm³/mol. The smallest absolute Gasteiger partial charge is 0.00964 e. The molecule has 1 aromatic heterocycles. The van der Waals surface area contributed by atoms with Crippen LogP contribution in [0.2, 0.25) is 0 Å². The van der Waals surface area contributed by atoms with Gasteiger partial charge in [-0.3, -0.25) is 0 Å². The van der Waals surface area contributed by atoms with Crippen molar-refractivity contribution in [2.75, 3.05) is 0 Å². The second-order valence-electron chi connectivity index (χ2n) is 3.74. The van der Waals surface area contributed by atoms with Crippen LogP contribution in [0, 0.1) is 0 Å². The zero-order valence-electron chi connectivity index (χ0n) is 8.80. The summed E-state index contributed by atoms with van der Waals surface area (Å²) in [7, 11) is 1.28. The van der Waals surface area contributed by atoms with Crippen molar-refractivity contribution >= 4 is 19.0 Å². The molecule has 16 heavy (non-hydrogen) atoms. The lowest BCUT2D eigenvalue weighted by molar-refractivity contribution is 1.73. The molecule has 0 amide bonds. The molecular formula is C15H11P. The first-order chi connectivity index (χ1) is 7.95. The Balaban J connectivity index is 2.32.